The Hall–Kier alpha value is -3.59. The van der Waals surface area contributed by atoms with Crippen molar-refractivity contribution in [1.82, 2.24) is 15.1 Å². The fourth-order valence-electron chi connectivity index (χ4n) is 4.31. The number of hydrogen-bond acceptors (Lipinski definition) is 6. The molecule has 0 aliphatic carbocycles. The number of piperidine rings is 1. The van der Waals surface area contributed by atoms with E-state index in [4.69, 9.17) is 9.15 Å². The van der Waals surface area contributed by atoms with E-state index >= 15 is 0 Å². The minimum Gasteiger partial charge on any atom is -0.451 e. The second-order valence-corrected chi connectivity index (χ2v) is 8.29. The molecular formula is C24H27N5O4. The summed E-state index contributed by atoms with van der Waals surface area (Å²) in [4.78, 5) is 30.2. The summed E-state index contributed by atoms with van der Waals surface area (Å²) in [6.07, 6.45) is 6.75. The Labute approximate surface area is 191 Å². The highest BCUT2D eigenvalue weighted by molar-refractivity contribution is 6.06. The first kappa shape index (κ1) is 21.3. The lowest BCUT2D eigenvalue weighted by Crippen LogP contribution is -2.40. The van der Waals surface area contributed by atoms with Crippen LogP contribution in [-0.4, -0.2) is 66.3 Å². The fourth-order valence-corrected chi connectivity index (χ4v) is 4.31. The van der Waals surface area contributed by atoms with Gasteiger partial charge in [0, 0.05) is 37.9 Å². The number of aromatic nitrogens is 2. The summed E-state index contributed by atoms with van der Waals surface area (Å²) < 4.78 is 11.1. The standard InChI is InChI=1S/C24H27N5O4/c30-23(22-7-6-21(33-22)18-15-25-26-16-18)27-19-14-17(24(31)29-10-12-32-13-11-29)4-5-20(19)28-8-2-1-3-9-28/h4-7,14-16H,1-3,8-13H2,(H,25,26)(H,27,30). The number of H-pyrrole nitrogens is 1. The quantitative estimate of drug-likeness (QED) is 0.619. The summed E-state index contributed by atoms with van der Waals surface area (Å²) in [5, 5.41) is 9.64. The molecule has 33 heavy (non-hydrogen) atoms. The molecule has 2 aliphatic heterocycles. The van der Waals surface area contributed by atoms with Gasteiger partial charge in [-0.3, -0.25) is 14.7 Å². The Balaban J connectivity index is 1.41. The first-order valence-electron chi connectivity index (χ1n) is 11.4. The zero-order valence-corrected chi connectivity index (χ0v) is 18.4. The lowest BCUT2D eigenvalue weighted by atomic mass is 10.1. The number of hydrogen-bond donors (Lipinski definition) is 2. The van der Waals surface area contributed by atoms with E-state index < -0.39 is 0 Å². The summed E-state index contributed by atoms with van der Waals surface area (Å²) in [6.45, 7) is 4.06. The first-order chi connectivity index (χ1) is 16.2. The van der Waals surface area contributed by atoms with Gasteiger partial charge >= 0.3 is 0 Å². The van der Waals surface area contributed by atoms with Crippen molar-refractivity contribution in [3.8, 4) is 11.3 Å². The van der Waals surface area contributed by atoms with Gasteiger partial charge in [0.15, 0.2) is 5.76 Å². The van der Waals surface area contributed by atoms with Crippen LogP contribution < -0.4 is 10.2 Å². The number of rotatable bonds is 5. The van der Waals surface area contributed by atoms with Crippen LogP contribution in [0.5, 0.6) is 0 Å². The summed E-state index contributed by atoms with van der Waals surface area (Å²) in [5.41, 5.74) is 2.85. The predicted octanol–water partition coefficient (Wildman–Crippen LogP) is 3.38. The third kappa shape index (κ3) is 4.63. The van der Waals surface area contributed by atoms with Gasteiger partial charge in [0.1, 0.15) is 5.76 Å². The molecule has 0 atom stereocenters. The van der Waals surface area contributed by atoms with Crippen molar-refractivity contribution < 1.29 is 18.7 Å². The van der Waals surface area contributed by atoms with Gasteiger partial charge in [-0.2, -0.15) is 5.10 Å². The minimum absolute atomic E-state index is 0.0563. The molecule has 2 N–H and O–H groups in total. The van der Waals surface area contributed by atoms with Crippen LogP contribution in [0.15, 0.2) is 47.1 Å². The highest BCUT2D eigenvalue weighted by Gasteiger charge is 2.23. The molecule has 2 aliphatic rings. The van der Waals surface area contributed by atoms with Crippen LogP contribution >= 0.6 is 0 Å². The number of morpholine rings is 1. The van der Waals surface area contributed by atoms with Crippen molar-refractivity contribution in [2.24, 2.45) is 0 Å². The van der Waals surface area contributed by atoms with E-state index in [1.165, 1.54) is 6.42 Å². The van der Waals surface area contributed by atoms with Gasteiger partial charge in [-0.25, -0.2) is 0 Å². The highest BCUT2D eigenvalue weighted by Crippen LogP contribution is 2.31. The average molecular weight is 450 g/mol. The van der Waals surface area contributed by atoms with Crippen LogP contribution in [0.25, 0.3) is 11.3 Å². The number of aromatic amines is 1. The van der Waals surface area contributed by atoms with Crippen LogP contribution in [0, 0.1) is 0 Å². The van der Waals surface area contributed by atoms with Crippen molar-refractivity contribution in [1.29, 1.82) is 0 Å². The van der Waals surface area contributed by atoms with E-state index in [0.29, 0.717) is 43.3 Å². The number of nitrogens with one attached hydrogen (secondary N) is 2. The number of ether oxygens (including phenoxy) is 1. The van der Waals surface area contributed by atoms with Crippen molar-refractivity contribution in [3.63, 3.8) is 0 Å². The third-order valence-corrected chi connectivity index (χ3v) is 6.10. The number of carbonyl (C=O) groups excluding carboxylic acids is 2. The molecule has 172 valence electrons. The highest BCUT2D eigenvalue weighted by atomic mass is 16.5. The summed E-state index contributed by atoms with van der Waals surface area (Å²) >= 11 is 0. The van der Waals surface area contributed by atoms with Crippen LogP contribution in [0.2, 0.25) is 0 Å². The van der Waals surface area contributed by atoms with Crippen LogP contribution in [0.3, 0.4) is 0 Å². The third-order valence-electron chi connectivity index (χ3n) is 6.10. The van der Waals surface area contributed by atoms with Crippen molar-refractivity contribution in [2.45, 2.75) is 19.3 Å². The van der Waals surface area contributed by atoms with E-state index in [1.54, 1.807) is 35.5 Å². The molecule has 0 radical (unpaired) electrons. The Kier molecular flexibility index (Phi) is 6.12. The van der Waals surface area contributed by atoms with Crippen LogP contribution in [0.1, 0.15) is 40.2 Å². The summed E-state index contributed by atoms with van der Waals surface area (Å²) in [7, 11) is 0. The smallest absolute Gasteiger partial charge is 0.291 e. The molecule has 0 bridgehead atoms. The molecule has 3 aromatic rings. The van der Waals surface area contributed by atoms with E-state index in [9.17, 15) is 9.59 Å². The lowest BCUT2D eigenvalue weighted by Gasteiger charge is -2.31. The number of amides is 2. The normalized spacial score (nSPS) is 16.6. The average Bonchev–Trinajstić information content (AvgIpc) is 3.57. The maximum atomic E-state index is 13.1. The summed E-state index contributed by atoms with van der Waals surface area (Å²) in [5.74, 6) is 0.334. The van der Waals surface area contributed by atoms with E-state index in [2.05, 4.69) is 20.4 Å². The van der Waals surface area contributed by atoms with Gasteiger partial charge < -0.3 is 24.3 Å². The predicted molar refractivity (Wildman–Crippen MR) is 123 cm³/mol. The largest absolute Gasteiger partial charge is 0.451 e. The topological polar surface area (TPSA) is 104 Å². The Morgan fingerprint density at radius 1 is 1.00 bits per heavy atom. The Morgan fingerprint density at radius 2 is 1.82 bits per heavy atom. The maximum absolute atomic E-state index is 13.1. The molecule has 9 heteroatoms. The maximum Gasteiger partial charge on any atom is 0.291 e. The molecule has 2 aromatic heterocycles. The SMILES string of the molecule is O=C(Nc1cc(C(=O)N2CCOCC2)ccc1N1CCCCC1)c1ccc(-c2cn[nH]c2)o1. The van der Waals surface area contributed by atoms with Crippen LogP contribution in [0.4, 0.5) is 11.4 Å². The minimum atomic E-state index is -0.362. The molecule has 0 saturated carbocycles. The molecule has 2 amide bonds. The van der Waals surface area contributed by atoms with Crippen molar-refractivity contribution in [2.75, 3.05) is 49.6 Å². The van der Waals surface area contributed by atoms with Crippen LogP contribution in [-0.2, 0) is 4.74 Å². The van der Waals surface area contributed by atoms with Gasteiger partial charge in [-0.15, -0.1) is 0 Å². The van der Waals surface area contributed by atoms with E-state index in [1.807, 2.05) is 12.1 Å². The number of anilines is 2. The molecule has 5 rings (SSSR count). The van der Waals surface area contributed by atoms with Gasteiger partial charge in [-0.05, 0) is 49.6 Å². The molecule has 9 nitrogen and oxygen atoms in total. The Bertz CT molecular complexity index is 1110. The zero-order valence-electron chi connectivity index (χ0n) is 18.4. The van der Waals surface area contributed by atoms with Crippen molar-refractivity contribution in [3.05, 3.63) is 54.0 Å². The molecule has 2 saturated heterocycles. The second-order valence-electron chi connectivity index (χ2n) is 8.29. The molecular weight excluding hydrogens is 422 g/mol. The molecule has 4 heterocycles. The number of nitrogens with zero attached hydrogens (tertiary/aromatic N) is 3. The molecule has 0 spiro atoms. The number of benzene rings is 1. The molecule has 1 aromatic carbocycles. The summed E-state index contributed by atoms with van der Waals surface area (Å²) in [6, 6.07) is 8.94. The molecule has 2 fully saturated rings. The van der Waals surface area contributed by atoms with Gasteiger partial charge in [0.25, 0.3) is 11.8 Å². The van der Waals surface area contributed by atoms with E-state index in [-0.39, 0.29) is 17.6 Å². The van der Waals surface area contributed by atoms with Crippen molar-refractivity contribution >= 4 is 23.2 Å². The number of furan rings is 1. The van der Waals surface area contributed by atoms with Gasteiger partial charge in [0.2, 0.25) is 0 Å². The lowest BCUT2D eigenvalue weighted by molar-refractivity contribution is 0.0303. The number of carbonyl (C=O) groups is 2. The zero-order chi connectivity index (χ0) is 22.6. The van der Waals surface area contributed by atoms with Gasteiger partial charge in [-0.1, -0.05) is 0 Å². The first-order valence-corrected chi connectivity index (χ1v) is 11.4. The second kappa shape index (κ2) is 9.50. The Morgan fingerprint density at radius 3 is 2.58 bits per heavy atom. The van der Waals surface area contributed by atoms with E-state index in [0.717, 1.165) is 37.2 Å². The van der Waals surface area contributed by atoms with Gasteiger partial charge in [0.05, 0.1) is 36.3 Å². The fraction of sp³-hybridized carbons (Fsp3) is 0.375. The monoisotopic (exact) mass is 449 g/mol. The molecule has 0 unspecified atom stereocenters.